The molecule has 0 aliphatic rings. The standard InChI is InChI=1S/C25H18N2O4/c1-16(28)17-12-14-20(15-13-17)31-25(30)22-21(18-8-4-2-5-9-18)23(26-27-24(22)29)19-10-6-3-7-11-19/h2-15H,1H3,(H,27,29). The van der Waals surface area contributed by atoms with Crippen LogP contribution in [0.5, 0.6) is 5.75 Å². The van der Waals surface area contributed by atoms with Crippen molar-refractivity contribution in [2.75, 3.05) is 0 Å². The molecule has 0 aliphatic carbocycles. The fourth-order valence-electron chi connectivity index (χ4n) is 3.25. The van der Waals surface area contributed by atoms with Gasteiger partial charge in [-0.15, -0.1) is 0 Å². The Bertz CT molecular complexity index is 1300. The van der Waals surface area contributed by atoms with E-state index >= 15 is 0 Å². The van der Waals surface area contributed by atoms with Crippen LogP contribution in [0.2, 0.25) is 0 Å². The van der Waals surface area contributed by atoms with E-state index in [-0.39, 0.29) is 17.1 Å². The van der Waals surface area contributed by atoms with Crippen LogP contribution in [0.1, 0.15) is 27.6 Å². The largest absolute Gasteiger partial charge is 0.423 e. The maximum Gasteiger partial charge on any atom is 0.349 e. The molecule has 31 heavy (non-hydrogen) atoms. The number of carbonyl (C=O) groups excluding carboxylic acids is 2. The molecule has 0 saturated heterocycles. The van der Waals surface area contributed by atoms with Crippen molar-refractivity contribution < 1.29 is 14.3 Å². The van der Waals surface area contributed by atoms with Crippen LogP contribution in [0, 0.1) is 0 Å². The number of Topliss-reactive ketones (excluding diaryl/α,β-unsaturated/α-hetero) is 1. The van der Waals surface area contributed by atoms with Crippen LogP contribution in [-0.2, 0) is 0 Å². The molecule has 0 fully saturated rings. The van der Waals surface area contributed by atoms with Gasteiger partial charge < -0.3 is 4.74 Å². The zero-order valence-corrected chi connectivity index (χ0v) is 16.7. The van der Waals surface area contributed by atoms with E-state index in [0.717, 1.165) is 5.56 Å². The Morgan fingerprint density at radius 3 is 1.97 bits per heavy atom. The summed E-state index contributed by atoms with van der Waals surface area (Å²) in [5, 5.41) is 6.64. The average Bonchev–Trinajstić information content (AvgIpc) is 2.80. The van der Waals surface area contributed by atoms with Crippen LogP contribution in [0.25, 0.3) is 22.4 Å². The lowest BCUT2D eigenvalue weighted by molar-refractivity contribution is 0.0733. The smallest absolute Gasteiger partial charge is 0.349 e. The number of rotatable bonds is 5. The molecule has 0 bridgehead atoms. The Kier molecular flexibility index (Phi) is 5.53. The summed E-state index contributed by atoms with van der Waals surface area (Å²) in [6.07, 6.45) is 0. The number of benzene rings is 3. The van der Waals surface area contributed by atoms with Gasteiger partial charge in [-0.25, -0.2) is 9.89 Å². The van der Waals surface area contributed by atoms with Gasteiger partial charge in [0.2, 0.25) is 0 Å². The van der Waals surface area contributed by atoms with Gasteiger partial charge in [0.25, 0.3) is 5.56 Å². The molecule has 0 spiro atoms. The van der Waals surface area contributed by atoms with Crippen molar-refractivity contribution in [2.45, 2.75) is 6.92 Å². The third-order valence-corrected chi connectivity index (χ3v) is 4.77. The third-order valence-electron chi connectivity index (χ3n) is 4.77. The Labute approximate surface area is 178 Å². The minimum atomic E-state index is -0.810. The molecule has 0 radical (unpaired) electrons. The lowest BCUT2D eigenvalue weighted by atomic mass is 9.95. The fourth-order valence-corrected chi connectivity index (χ4v) is 3.25. The van der Waals surface area contributed by atoms with E-state index in [2.05, 4.69) is 10.2 Å². The van der Waals surface area contributed by atoms with Crippen molar-refractivity contribution in [3.05, 3.63) is 106 Å². The number of aromatic amines is 1. The molecule has 0 atom stereocenters. The Morgan fingerprint density at radius 1 is 0.806 bits per heavy atom. The van der Waals surface area contributed by atoms with E-state index in [1.807, 2.05) is 48.5 Å². The summed E-state index contributed by atoms with van der Waals surface area (Å²) >= 11 is 0. The van der Waals surface area contributed by atoms with Crippen LogP contribution in [-0.4, -0.2) is 21.9 Å². The second-order valence-corrected chi connectivity index (χ2v) is 6.85. The van der Waals surface area contributed by atoms with E-state index in [1.165, 1.54) is 19.1 Å². The molecule has 0 amide bonds. The number of nitrogens with zero attached hydrogens (tertiary/aromatic N) is 1. The number of esters is 1. The fraction of sp³-hybridized carbons (Fsp3) is 0.0400. The molecule has 1 heterocycles. The number of ketones is 1. The van der Waals surface area contributed by atoms with E-state index < -0.39 is 11.5 Å². The van der Waals surface area contributed by atoms with Crippen LogP contribution in [0.15, 0.2) is 89.7 Å². The number of hydrogen-bond acceptors (Lipinski definition) is 5. The molecule has 152 valence electrons. The minimum Gasteiger partial charge on any atom is -0.423 e. The zero-order chi connectivity index (χ0) is 21.8. The minimum absolute atomic E-state index is 0.0951. The first-order valence-electron chi connectivity index (χ1n) is 9.61. The van der Waals surface area contributed by atoms with Crippen molar-refractivity contribution in [1.29, 1.82) is 0 Å². The van der Waals surface area contributed by atoms with Crippen molar-refractivity contribution in [3.63, 3.8) is 0 Å². The topological polar surface area (TPSA) is 89.1 Å². The third kappa shape index (κ3) is 4.18. The van der Waals surface area contributed by atoms with Gasteiger partial charge in [0.1, 0.15) is 11.3 Å². The molecule has 0 unspecified atom stereocenters. The van der Waals surface area contributed by atoms with Crippen molar-refractivity contribution in [1.82, 2.24) is 10.2 Å². The molecule has 6 heteroatoms. The van der Waals surface area contributed by atoms with Gasteiger partial charge in [-0.2, -0.15) is 5.10 Å². The predicted octanol–water partition coefficient (Wildman–Crippen LogP) is 4.53. The van der Waals surface area contributed by atoms with E-state index in [1.54, 1.807) is 24.3 Å². The zero-order valence-electron chi connectivity index (χ0n) is 16.7. The van der Waals surface area contributed by atoms with Crippen LogP contribution >= 0.6 is 0 Å². The average molecular weight is 410 g/mol. The summed E-state index contributed by atoms with van der Waals surface area (Å²) in [6.45, 7) is 1.45. The van der Waals surface area contributed by atoms with E-state index in [9.17, 15) is 14.4 Å². The van der Waals surface area contributed by atoms with Gasteiger partial charge in [0.05, 0.1) is 5.69 Å². The number of nitrogens with one attached hydrogen (secondary N) is 1. The highest BCUT2D eigenvalue weighted by Gasteiger charge is 2.24. The van der Waals surface area contributed by atoms with E-state index in [0.29, 0.717) is 22.4 Å². The predicted molar refractivity (Wildman–Crippen MR) is 117 cm³/mol. The highest BCUT2D eigenvalue weighted by Crippen LogP contribution is 2.32. The Balaban J connectivity index is 1.84. The first-order chi connectivity index (χ1) is 15.0. The van der Waals surface area contributed by atoms with Gasteiger partial charge in [0, 0.05) is 16.7 Å². The summed E-state index contributed by atoms with van der Waals surface area (Å²) in [6, 6.07) is 24.5. The van der Waals surface area contributed by atoms with Crippen molar-refractivity contribution >= 4 is 11.8 Å². The van der Waals surface area contributed by atoms with Gasteiger partial charge in [-0.3, -0.25) is 9.59 Å². The molecule has 1 aromatic heterocycles. The molecule has 4 rings (SSSR count). The maximum atomic E-state index is 13.1. The summed E-state index contributed by atoms with van der Waals surface area (Å²) < 4.78 is 5.47. The van der Waals surface area contributed by atoms with Crippen molar-refractivity contribution in [2.24, 2.45) is 0 Å². The lowest BCUT2D eigenvalue weighted by Crippen LogP contribution is -2.25. The number of ether oxygens (including phenoxy) is 1. The maximum absolute atomic E-state index is 13.1. The Hall–Kier alpha value is -4.32. The molecule has 1 N–H and O–H groups in total. The SMILES string of the molecule is CC(=O)c1ccc(OC(=O)c2c(-c3ccccc3)c(-c3ccccc3)n[nH]c2=O)cc1. The highest BCUT2D eigenvalue weighted by atomic mass is 16.5. The Morgan fingerprint density at radius 2 is 1.39 bits per heavy atom. The molecule has 6 nitrogen and oxygen atoms in total. The highest BCUT2D eigenvalue weighted by molar-refractivity contribution is 6.01. The lowest BCUT2D eigenvalue weighted by Gasteiger charge is -2.13. The number of hydrogen-bond donors (Lipinski definition) is 1. The van der Waals surface area contributed by atoms with Gasteiger partial charge >= 0.3 is 5.97 Å². The van der Waals surface area contributed by atoms with Gasteiger partial charge in [-0.05, 0) is 36.8 Å². The summed E-state index contributed by atoms with van der Waals surface area (Å²) in [5.41, 5.74) is 1.97. The second-order valence-electron chi connectivity index (χ2n) is 6.85. The normalized spacial score (nSPS) is 10.5. The van der Waals surface area contributed by atoms with Gasteiger partial charge in [0.15, 0.2) is 5.78 Å². The monoisotopic (exact) mass is 410 g/mol. The van der Waals surface area contributed by atoms with Gasteiger partial charge in [-0.1, -0.05) is 60.7 Å². The van der Waals surface area contributed by atoms with Crippen LogP contribution in [0.4, 0.5) is 0 Å². The number of H-pyrrole nitrogens is 1. The second kappa shape index (κ2) is 8.59. The first-order valence-corrected chi connectivity index (χ1v) is 9.61. The molecule has 0 aliphatic heterocycles. The van der Waals surface area contributed by atoms with Crippen LogP contribution < -0.4 is 10.3 Å². The number of carbonyl (C=O) groups is 2. The van der Waals surface area contributed by atoms with Crippen LogP contribution in [0.3, 0.4) is 0 Å². The molecule has 4 aromatic rings. The molecule has 3 aromatic carbocycles. The summed E-state index contributed by atoms with van der Waals surface area (Å²) in [5.74, 6) is -0.677. The molecular weight excluding hydrogens is 392 g/mol. The molecular formula is C25H18N2O4. The summed E-state index contributed by atoms with van der Waals surface area (Å²) in [4.78, 5) is 37.3. The first kappa shape index (κ1) is 20.0. The summed E-state index contributed by atoms with van der Waals surface area (Å²) in [7, 11) is 0. The molecule has 0 saturated carbocycles. The number of aromatic nitrogens is 2. The van der Waals surface area contributed by atoms with E-state index in [4.69, 9.17) is 4.74 Å². The van der Waals surface area contributed by atoms with Crippen molar-refractivity contribution in [3.8, 4) is 28.1 Å². The quantitative estimate of drug-likeness (QED) is 0.297.